The molecule has 1 saturated carbocycles. The van der Waals surface area contributed by atoms with Crippen molar-refractivity contribution >= 4 is 21.4 Å². The summed E-state index contributed by atoms with van der Waals surface area (Å²) >= 11 is 1.66. The minimum Gasteiger partial charge on any atom is -0.271 e. The van der Waals surface area contributed by atoms with Crippen LogP contribution in [0.25, 0.3) is 10.1 Å². The predicted molar refractivity (Wildman–Crippen MR) is 87.5 cm³/mol. The van der Waals surface area contributed by atoms with Crippen LogP contribution >= 0.6 is 11.3 Å². The van der Waals surface area contributed by atoms with Crippen molar-refractivity contribution in [3.8, 4) is 0 Å². The summed E-state index contributed by atoms with van der Waals surface area (Å²) in [7, 11) is 0. The molecule has 1 aliphatic carbocycles. The number of fused-ring (bicyclic) bond motifs is 1. The Morgan fingerprint density at radius 1 is 1.24 bits per heavy atom. The number of thiophene rings is 1. The van der Waals surface area contributed by atoms with Gasteiger partial charge in [-0.05, 0) is 54.2 Å². The molecule has 3 rings (SSSR count). The van der Waals surface area contributed by atoms with Crippen LogP contribution in [0.15, 0.2) is 24.3 Å². The molecule has 2 aromatic rings. The van der Waals surface area contributed by atoms with Crippen LogP contribution in [0.5, 0.6) is 0 Å². The zero-order valence-electron chi connectivity index (χ0n) is 12.6. The molecule has 1 aromatic carbocycles. The van der Waals surface area contributed by atoms with Gasteiger partial charge in [0.15, 0.2) is 0 Å². The molecule has 0 bridgehead atoms. The van der Waals surface area contributed by atoms with Gasteiger partial charge < -0.3 is 0 Å². The van der Waals surface area contributed by atoms with Crippen molar-refractivity contribution < 1.29 is 4.39 Å². The van der Waals surface area contributed by atoms with E-state index in [2.05, 4.69) is 25.3 Å². The fourth-order valence-corrected chi connectivity index (χ4v) is 4.76. The topological polar surface area (TPSA) is 38.0 Å². The largest absolute Gasteiger partial charge is 0.271 e. The molecule has 0 spiro atoms. The summed E-state index contributed by atoms with van der Waals surface area (Å²) in [6.07, 6.45) is 3.69. The number of halogens is 1. The van der Waals surface area contributed by atoms with E-state index in [1.54, 1.807) is 17.4 Å². The Morgan fingerprint density at radius 3 is 2.76 bits per heavy atom. The van der Waals surface area contributed by atoms with Gasteiger partial charge in [0.05, 0.1) is 6.04 Å². The second-order valence-corrected chi connectivity index (χ2v) is 7.62. The number of rotatable bonds is 3. The van der Waals surface area contributed by atoms with Crippen molar-refractivity contribution in [3.63, 3.8) is 0 Å². The molecular formula is C17H23FN2S. The van der Waals surface area contributed by atoms with E-state index in [1.165, 1.54) is 30.2 Å². The van der Waals surface area contributed by atoms with Gasteiger partial charge in [0.25, 0.3) is 0 Å². The van der Waals surface area contributed by atoms with Crippen LogP contribution in [0.4, 0.5) is 4.39 Å². The second kappa shape index (κ2) is 6.03. The summed E-state index contributed by atoms with van der Waals surface area (Å²) in [4.78, 5) is 1.23. The zero-order valence-corrected chi connectivity index (χ0v) is 13.4. The molecule has 1 aromatic heterocycles. The molecule has 4 unspecified atom stereocenters. The maximum atomic E-state index is 13.3. The molecule has 2 nitrogen and oxygen atoms in total. The van der Waals surface area contributed by atoms with Gasteiger partial charge in [-0.1, -0.05) is 26.3 Å². The van der Waals surface area contributed by atoms with Gasteiger partial charge in [-0.15, -0.1) is 11.3 Å². The third-order valence-corrected chi connectivity index (χ3v) is 6.28. The minimum absolute atomic E-state index is 0.173. The summed E-state index contributed by atoms with van der Waals surface area (Å²) in [6.45, 7) is 4.68. The molecule has 0 amide bonds. The first-order chi connectivity index (χ1) is 10.1. The Kier molecular flexibility index (Phi) is 4.29. The van der Waals surface area contributed by atoms with Crippen molar-refractivity contribution in [2.24, 2.45) is 23.6 Å². The van der Waals surface area contributed by atoms with Gasteiger partial charge in [-0.2, -0.15) is 0 Å². The fourth-order valence-electron chi connectivity index (χ4n) is 3.52. The molecule has 1 aliphatic rings. The van der Waals surface area contributed by atoms with Crippen LogP contribution in [0.3, 0.4) is 0 Å². The van der Waals surface area contributed by atoms with E-state index in [1.807, 2.05) is 6.07 Å². The molecular weight excluding hydrogens is 283 g/mol. The number of hydrazine groups is 1. The lowest BCUT2D eigenvalue weighted by Crippen LogP contribution is -2.36. The monoisotopic (exact) mass is 306 g/mol. The Morgan fingerprint density at radius 2 is 2.05 bits per heavy atom. The molecule has 114 valence electrons. The Bertz CT molecular complexity index is 624. The highest BCUT2D eigenvalue weighted by molar-refractivity contribution is 7.19. The standard InChI is InChI=1S/C17H23FN2S/c1-10-3-4-13(7-11(10)2)17(20-19)16-8-12-5-6-14(18)9-15(12)21-16/h5-6,8-11,13,17,20H,3-4,7,19H2,1-2H3. The van der Waals surface area contributed by atoms with Gasteiger partial charge in [-0.3, -0.25) is 11.3 Å². The molecule has 0 radical (unpaired) electrons. The van der Waals surface area contributed by atoms with Crippen LogP contribution in [0, 0.1) is 23.6 Å². The number of nitrogens with one attached hydrogen (secondary N) is 1. The highest BCUT2D eigenvalue weighted by Crippen LogP contribution is 2.42. The van der Waals surface area contributed by atoms with Crippen LogP contribution in [-0.2, 0) is 0 Å². The van der Waals surface area contributed by atoms with Crippen LogP contribution in [-0.4, -0.2) is 0 Å². The quantitative estimate of drug-likeness (QED) is 0.641. The summed E-state index contributed by atoms with van der Waals surface area (Å²) in [6, 6.07) is 7.33. The van der Waals surface area contributed by atoms with Gasteiger partial charge in [0.1, 0.15) is 5.82 Å². The lowest BCUT2D eigenvalue weighted by atomic mass is 9.73. The average Bonchev–Trinajstić information content (AvgIpc) is 2.86. The SMILES string of the molecule is CC1CCC(C(NN)c2cc3ccc(F)cc3s2)CC1C. The van der Waals surface area contributed by atoms with E-state index < -0.39 is 0 Å². The summed E-state index contributed by atoms with van der Waals surface area (Å²) < 4.78 is 14.3. The van der Waals surface area contributed by atoms with Crippen molar-refractivity contribution in [3.05, 3.63) is 35.0 Å². The molecule has 21 heavy (non-hydrogen) atoms. The lowest BCUT2D eigenvalue weighted by Gasteiger charge is -2.36. The minimum atomic E-state index is -0.173. The first kappa shape index (κ1) is 14.9. The van der Waals surface area contributed by atoms with Gasteiger partial charge in [0.2, 0.25) is 0 Å². The first-order valence-electron chi connectivity index (χ1n) is 7.73. The maximum absolute atomic E-state index is 13.3. The molecule has 4 atom stereocenters. The van der Waals surface area contributed by atoms with Crippen LogP contribution in [0.1, 0.15) is 44.0 Å². The molecule has 0 aliphatic heterocycles. The maximum Gasteiger partial charge on any atom is 0.124 e. The summed E-state index contributed by atoms with van der Waals surface area (Å²) in [5.41, 5.74) is 3.02. The molecule has 1 heterocycles. The van der Waals surface area contributed by atoms with E-state index >= 15 is 0 Å². The predicted octanol–water partition coefficient (Wildman–Crippen LogP) is 4.62. The average molecular weight is 306 g/mol. The van der Waals surface area contributed by atoms with E-state index in [-0.39, 0.29) is 11.9 Å². The number of hydrogen-bond donors (Lipinski definition) is 2. The Labute approximate surface area is 129 Å². The third kappa shape index (κ3) is 2.98. The van der Waals surface area contributed by atoms with E-state index in [4.69, 9.17) is 5.84 Å². The zero-order chi connectivity index (χ0) is 15.0. The van der Waals surface area contributed by atoms with Crippen molar-refractivity contribution in [2.45, 2.75) is 39.2 Å². The summed E-state index contributed by atoms with van der Waals surface area (Å²) in [5, 5.41) is 1.11. The van der Waals surface area contributed by atoms with Crippen LogP contribution < -0.4 is 11.3 Å². The number of nitrogens with two attached hydrogens (primary N) is 1. The summed E-state index contributed by atoms with van der Waals surface area (Å²) in [5.74, 6) is 7.79. The number of benzene rings is 1. The molecule has 1 fully saturated rings. The van der Waals surface area contributed by atoms with E-state index in [0.29, 0.717) is 5.92 Å². The molecule has 4 heteroatoms. The van der Waals surface area contributed by atoms with E-state index in [0.717, 1.165) is 21.9 Å². The molecule has 0 saturated heterocycles. The van der Waals surface area contributed by atoms with Crippen molar-refractivity contribution in [2.75, 3.05) is 0 Å². The van der Waals surface area contributed by atoms with E-state index in [9.17, 15) is 4.39 Å². The highest BCUT2D eigenvalue weighted by atomic mass is 32.1. The fraction of sp³-hybridized carbons (Fsp3) is 0.529. The van der Waals surface area contributed by atoms with Crippen molar-refractivity contribution in [1.82, 2.24) is 5.43 Å². The Hall–Kier alpha value is -0.970. The van der Waals surface area contributed by atoms with Gasteiger partial charge in [0, 0.05) is 9.58 Å². The first-order valence-corrected chi connectivity index (χ1v) is 8.55. The molecule has 3 N–H and O–H groups in total. The van der Waals surface area contributed by atoms with Crippen molar-refractivity contribution in [1.29, 1.82) is 0 Å². The second-order valence-electron chi connectivity index (χ2n) is 6.50. The van der Waals surface area contributed by atoms with Gasteiger partial charge in [-0.25, -0.2) is 4.39 Å². The Balaban J connectivity index is 1.87. The normalized spacial score (nSPS) is 27.9. The lowest BCUT2D eigenvalue weighted by molar-refractivity contribution is 0.173. The number of hydrogen-bond acceptors (Lipinski definition) is 3. The van der Waals surface area contributed by atoms with Gasteiger partial charge >= 0.3 is 0 Å². The van der Waals surface area contributed by atoms with Crippen LogP contribution in [0.2, 0.25) is 0 Å². The third-order valence-electron chi connectivity index (χ3n) is 5.10. The highest BCUT2D eigenvalue weighted by Gasteiger charge is 2.31. The smallest absolute Gasteiger partial charge is 0.124 e.